The maximum atomic E-state index is 14.0. The molecule has 1 heterocycles. The lowest BCUT2D eigenvalue weighted by molar-refractivity contribution is -0.140. The van der Waals surface area contributed by atoms with Crippen molar-refractivity contribution in [3.05, 3.63) is 77.9 Å². The van der Waals surface area contributed by atoms with Crippen molar-refractivity contribution in [1.29, 1.82) is 5.26 Å². The van der Waals surface area contributed by atoms with Crippen LogP contribution in [-0.2, 0) is 4.79 Å². The number of piperazine rings is 1. The monoisotopic (exact) mass is 457 g/mol. The van der Waals surface area contributed by atoms with Gasteiger partial charge in [-0.25, -0.2) is 0 Å². The molecule has 0 radical (unpaired) electrons. The number of amides is 1. The fourth-order valence-electron chi connectivity index (χ4n) is 5.08. The Bertz CT molecular complexity index is 1190. The van der Waals surface area contributed by atoms with E-state index in [-0.39, 0.29) is 12.5 Å². The number of ether oxygens (including phenoxy) is 1. The van der Waals surface area contributed by atoms with Gasteiger partial charge < -0.3 is 14.7 Å². The van der Waals surface area contributed by atoms with E-state index in [1.165, 1.54) is 0 Å². The van der Waals surface area contributed by atoms with E-state index in [0.29, 0.717) is 38.5 Å². The number of carbonyl (C=O) groups excluding carboxylic acids is 1. The Morgan fingerprint density at radius 1 is 1.03 bits per heavy atom. The maximum Gasteiger partial charge on any atom is 0.243 e. The normalized spacial score (nSPS) is 17.1. The van der Waals surface area contributed by atoms with E-state index < -0.39 is 11.3 Å². The van der Waals surface area contributed by atoms with E-state index in [1.807, 2.05) is 66.7 Å². The third-order valence-electron chi connectivity index (χ3n) is 6.91. The summed E-state index contributed by atoms with van der Waals surface area (Å²) < 4.78 is 5.70. The zero-order valence-electron chi connectivity index (χ0n) is 19.8. The summed E-state index contributed by atoms with van der Waals surface area (Å²) in [6, 6.07) is 24.2. The van der Waals surface area contributed by atoms with E-state index in [2.05, 4.69) is 11.0 Å². The second-order valence-corrected chi connectivity index (χ2v) is 8.91. The highest BCUT2D eigenvalue weighted by Gasteiger charge is 2.47. The van der Waals surface area contributed by atoms with Gasteiger partial charge in [-0.15, -0.1) is 0 Å². The van der Waals surface area contributed by atoms with Crippen LogP contribution in [0.25, 0.3) is 10.8 Å². The molecule has 6 heteroatoms. The minimum Gasteiger partial charge on any atom is -0.496 e. The molecule has 0 saturated carbocycles. The second kappa shape index (κ2) is 10.3. The third-order valence-corrected chi connectivity index (χ3v) is 6.91. The van der Waals surface area contributed by atoms with E-state index in [0.717, 1.165) is 21.9 Å². The number of methoxy groups -OCH3 is 1. The van der Waals surface area contributed by atoms with E-state index in [4.69, 9.17) is 4.74 Å². The fraction of sp³-hybridized carbons (Fsp3) is 0.357. The van der Waals surface area contributed by atoms with Crippen molar-refractivity contribution in [1.82, 2.24) is 9.80 Å². The summed E-state index contributed by atoms with van der Waals surface area (Å²) in [4.78, 5) is 18.0. The number of β-amino-alcohol motifs (C(OH)–C–C–N with tert-alkyl or cyclic N) is 1. The van der Waals surface area contributed by atoms with E-state index in [1.54, 1.807) is 18.9 Å². The molecule has 3 aromatic rings. The Balaban J connectivity index is 1.84. The molecule has 34 heavy (non-hydrogen) atoms. The summed E-state index contributed by atoms with van der Waals surface area (Å²) >= 11 is 0. The van der Waals surface area contributed by atoms with Crippen LogP contribution in [0, 0.1) is 16.7 Å². The first-order valence-electron chi connectivity index (χ1n) is 11.7. The lowest BCUT2D eigenvalue weighted by Gasteiger charge is -2.40. The van der Waals surface area contributed by atoms with Gasteiger partial charge in [0.25, 0.3) is 0 Å². The first-order chi connectivity index (χ1) is 16.5. The molecule has 176 valence electrons. The number of hydrogen-bond donors (Lipinski definition) is 1. The quantitative estimate of drug-likeness (QED) is 0.586. The van der Waals surface area contributed by atoms with Crippen LogP contribution in [0.3, 0.4) is 0 Å². The van der Waals surface area contributed by atoms with Gasteiger partial charge in [0.2, 0.25) is 5.91 Å². The molecule has 3 aromatic carbocycles. The van der Waals surface area contributed by atoms with Crippen molar-refractivity contribution < 1.29 is 14.6 Å². The number of carbonyl (C=O) groups is 1. The molecular formula is C28H31N3O3. The summed E-state index contributed by atoms with van der Waals surface area (Å²) in [5, 5.41) is 21.9. The van der Waals surface area contributed by atoms with Crippen LogP contribution >= 0.6 is 0 Å². The average molecular weight is 458 g/mol. The van der Waals surface area contributed by atoms with Gasteiger partial charge in [0.15, 0.2) is 0 Å². The predicted octanol–water partition coefficient (Wildman–Crippen LogP) is 3.65. The number of para-hydroxylation sites is 1. The van der Waals surface area contributed by atoms with Gasteiger partial charge in [0, 0.05) is 44.2 Å². The largest absolute Gasteiger partial charge is 0.496 e. The Morgan fingerprint density at radius 2 is 1.68 bits per heavy atom. The van der Waals surface area contributed by atoms with Crippen LogP contribution in [0.2, 0.25) is 0 Å². The number of nitriles is 1. The van der Waals surface area contributed by atoms with Gasteiger partial charge >= 0.3 is 0 Å². The minimum absolute atomic E-state index is 0.0980. The molecule has 1 unspecified atom stereocenters. The van der Waals surface area contributed by atoms with Crippen molar-refractivity contribution in [3.8, 4) is 11.8 Å². The summed E-state index contributed by atoms with van der Waals surface area (Å²) in [5.41, 5.74) is 0.398. The van der Waals surface area contributed by atoms with Gasteiger partial charge in [0.1, 0.15) is 11.2 Å². The van der Waals surface area contributed by atoms with E-state index in [9.17, 15) is 15.2 Å². The molecule has 1 N–H and O–H groups in total. The zero-order valence-corrected chi connectivity index (χ0v) is 19.8. The SMILES string of the molecule is COc1ccccc1C(c1cccc2ccccc12)[C@@](C)(C#N)C(=O)N1CCN(CCO)CC1. The number of rotatable bonds is 7. The Morgan fingerprint density at radius 3 is 2.38 bits per heavy atom. The topological polar surface area (TPSA) is 76.8 Å². The molecule has 1 amide bonds. The molecule has 6 nitrogen and oxygen atoms in total. The van der Waals surface area contributed by atoms with Crippen molar-refractivity contribution in [2.24, 2.45) is 5.41 Å². The average Bonchev–Trinajstić information content (AvgIpc) is 2.89. The third kappa shape index (κ3) is 4.37. The fourth-order valence-corrected chi connectivity index (χ4v) is 5.08. The zero-order chi connectivity index (χ0) is 24.1. The van der Waals surface area contributed by atoms with Crippen molar-refractivity contribution in [2.45, 2.75) is 12.8 Å². The molecule has 4 rings (SSSR count). The summed E-state index contributed by atoms with van der Waals surface area (Å²) in [6.45, 7) is 4.88. The molecule has 1 aliphatic rings. The highest BCUT2D eigenvalue weighted by atomic mass is 16.5. The summed E-state index contributed by atoms with van der Waals surface area (Å²) in [7, 11) is 1.62. The van der Waals surface area contributed by atoms with Gasteiger partial charge in [-0.3, -0.25) is 9.69 Å². The van der Waals surface area contributed by atoms with Crippen LogP contribution in [0.5, 0.6) is 5.75 Å². The van der Waals surface area contributed by atoms with Crippen molar-refractivity contribution >= 4 is 16.7 Å². The number of benzene rings is 3. The number of aliphatic hydroxyl groups excluding tert-OH is 1. The van der Waals surface area contributed by atoms with Gasteiger partial charge in [-0.1, -0.05) is 60.7 Å². The summed E-state index contributed by atoms with van der Waals surface area (Å²) in [6.07, 6.45) is 0. The van der Waals surface area contributed by atoms with Crippen LogP contribution in [0.1, 0.15) is 24.0 Å². The molecule has 2 atom stereocenters. The molecule has 0 aromatic heterocycles. The highest BCUT2D eigenvalue weighted by molar-refractivity contribution is 5.91. The van der Waals surface area contributed by atoms with Gasteiger partial charge in [-0.05, 0) is 29.3 Å². The number of aliphatic hydroxyl groups is 1. The summed E-state index contributed by atoms with van der Waals surface area (Å²) in [5.74, 6) is -0.0484. The molecule has 1 saturated heterocycles. The molecule has 1 fully saturated rings. The van der Waals surface area contributed by atoms with Gasteiger partial charge in [-0.2, -0.15) is 5.26 Å². The lowest BCUT2D eigenvalue weighted by Crippen LogP contribution is -2.54. The first-order valence-corrected chi connectivity index (χ1v) is 11.7. The maximum absolute atomic E-state index is 14.0. The first kappa shape index (κ1) is 23.7. The van der Waals surface area contributed by atoms with Gasteiger partial charge in [0.05, 0.1) is 19.8 Å². The van der Waals surface area contributed by atoms with Crippen LogP contribution < -0.4 is 4.74 Å². The van der Waals surface area contributed by atoms with Crippen LogP contribution in [0.4, 0.5) is 0 Å². The molecule has 0 spiro atoms. The minimum atomic E-state index is -1.35. The van der Waals surface area contributed by atoms with Crippen molar-refractivity contribution in [2.75, 3.05) is 46.4 Å². The molecule has 0 bridgehead atoms. The number of hydrogen-bond acceptors (Lipinski definition) is 5. The lowest BCUT2D eigenvalue weighted by atomic mass is 9.68. The Kier molecular flexibility index (Phi) is 7.16. The smallest absolute Gasteiger partial charge is 0.243 e. The Hall–Kier alpha value is -3.40. The number of fused-ring (bicyclic) bond motifs is 1. The standard InChI is InChI=1S/C28H31N3O3/c1-28(20-29,27(33)31-16-14-30(15-17-31)18-19-32)26(24-11-5-6-13-25(24)34-2)23-12-7-9-21-8-3-4-10-22(21)23/h3-13,26,32H,14-19H2,1-2H3/t26?,28-/m1/s1. The molecule has 0 aliphatic carbocycles. The highest BCUT2D eigenvalue weighted by Crippen LogP contribution is 2.47. The second-order valence-electron chi connectivity index (χ2n) is 8.91. The van der Waals surface area contributed by atoms with Crippen LogP contribution in [0.15, 0.2) is 66.7 Å². The molecular weight excluding hydrogens is 426 g/mol. The van der Waals surface area contributed by atoms with Crippen molar-refractivity contribution in [3.63, 3.8) is 0 Å². The number of nitrogens with zero attached hydrogens (tertiary/aromatic N) is 3. The Labute approximate surface area is 201 Å². The van der Waals surface area contributed by atoms with E-state index >= 15 is 0 Å². The molecule has 1 aliphatic heterocycles. The van der Waals surface area contributed by atoms with Crippen LogP contribution in [-0.4, -0.2) is 67.3 Å². The predicted molar refractivity (Wildman–Crippen MR) is 133 cm³/mol.